The molecule has 8 nitrogen and oxygen atoms in total. The zero-order valence-corrected chi connectivity index (χ0v) is 16.2. The summed E-state index contributed by atoms with van der Waals surface area (Å²) in [5.74, 6) is 1.52. The van der Waals surface area contributed by atoms with Gasteiger partial charge in [0.1, 0.15) is 0 Å². The lowest BCUT2D eigenvalue weighted by Gasteiger charge is -2.07. The van der Waals surface area contributed by atoms with Crippen LogP contribution >= 0.6 is 11.6 Å². The van der Waals surface area contributed by atoms with E-state index in [2.05, 4.69) is 25.6 Å². The summed E-state index contributed by atoms with van der Waals surface area (Å²) in [6.45, 7) is 1.71. The van der Waals surface area contributed by atoms with Crippen molar-refractivity contribution >= 4 is 23.2 Å². The van der Waals surface area contributed by atoms with Gasteiger partial charge in [-0.2, -0.15) is 9.97 Å². The summed E-state index contributed by atoms with van der Waals surface area (Å²) in [5, 5.41) is 11.3. The van der Waals surface area contributed by atoms with Crippen LogP contribution in [0.2, 0.25) is 5.02 Å². The first kappa shape index (κ1) is 18.8. The number of carbonyl (C=O) groups is 1. The van der Waals surface area contributed by atoms with Crippen LogP contribution in [0.15, 0.2) is 57.6 Å². The summed E-state index contributed by atoms with van der Waals surface area (Å²) in [4.78, 5) is 20.9. The van der Waals surface area contributed by atoms with E-state index in [0.29, 0.717) is 46.1 Å². The van der Waals surface area contributed by atoms with Gasteiger partial charge >= 0.3 is 0 Å². The fourth-order valence-electron chi connectivity index (χ4n) is 2.70. The van der Waals surface area contributed by atoms with Crippen LogP contribution in [-0.2, 0) is 11.2 Å². The maximum absolute atomic E-state index is 12.4. The Labute approximate surface area is 170 Å². The van der Waals surface area contributed by atoms with Crippen LogP contribution < -0.4 is 5.32 Å². The van der Waals surface area contributed by atoms with Crippen LogP contribution in [0.3, 0.4) is 0 Å². The summed E-state index contributed by atoms with van der Waals surface area (Å²) in [6, 6.07) is 14.4. The molecule has 9 heteroatoms. The lowest BCUT2D eigenvalue weighted by atomic mass is 10.1. The molecule has 2 heterocycles. The molecular formula is C20H16ClN5O3. The molecule has 29 heavy (non-hydrogen) atoms. The van der Waals surface area contributed by atoms with Gasteiger partial charge in [-0.15, -0.1) is 0 Å². The molecule has 2 aromatic heterocycles. The van der Waals surface area contributed by atoms with E-state index in [-0.39, 0.29) is 12.3 Å². The van der Waals surface area contributed by atoms with Crippen molar-refractivity contribution in [2.45, 2.75) is 19.8 Å². The largest absolute Gasteiger partial charge is 0.339 e. The molecule has 1 N–H and O–H groups in total. The van der Waals surface area contributed by atoms with Crippen LogP contribution in [-0.4, -0.2) is 26.2 Å². The number of para-hydroxylation sites is 1. The molecule has 0 bridgehead atoms. The van der Waals surface area contributed by atoms with Gasteiger partial charge in [0.05, 0.1) is 5.69 Å². The second kappa shape index (κ2) is 8.24. The molecule has 1 amide bonds. The molecule has 0 fully saturated rings. The van der Waals surface area contributed by atoms with Gasteiger partial charge in [0.25, 0.3) is 0 Å². The monoisotopic (exact) mass is 409 g/mol. The summed E-state index contributed by atoms with van der Waals surface area (Å²) < 4.78 is 10.3. The predicted molar refractivity (Wildman–Crippen MR) is 106 cm³/mol. The Kier molecular flexibility index (Phi) is 5.35. The first-order chi connectivity index (χ1) is 14.1. The Morgan fingerprint density at radius 2 is 1.76 bits per heavy atom. The third-order valence-electron chi connectivity index (χ3n) is 4.11. The minimum atomic E-state index is -0.191. The fourth-order valence-corrected chi connectivity index (χ4v) is 2.83. The highest BCUT2D eigenvalue weighted by molar-refractivity contribution is 6.30. The molecule has 0 saturated heterocycles. The van der Waals surface area contributed by atoms with Crippen molar-refractivity contribution < 1.29 is 13.8 Å². The predicted octanol–water partition coefficient (Wildman–Crippen LogP) is 4.32. The average Bonchev–Trinajstić information content (AvgIpc) is 3.37. The van der Waals surface area contributed by atoms with Gasteiger partial charge < -0.3 is 14.4 Å². The van der Waals surface area contributed by atoms with Gasteiger partial charge in [-0.25, -0.2) is 0 Å². The highest BCUT2D eigenvalue weighted by Crippen LogP contribution is 2.25. The van der Waals surface area contributed by atoms with E-state index in [1.807, 2.05) is 18.2 Å². The van der Waals surface area contributed by atoms with Gasteiger partial charge in [-0.3, -0.25) is 4.79 Å². The van der Waals surface area contributed by atoms with Crippen molar-refractivity contribution in [3.63, 3.8) is 0 Å². The number of nitrogens with zero attached hydrogens (tertiary/aromatic N) is 4. The van der Waals surface area contributed by atoms with Gasteiger partial charge in [-0.05, 0) is 36.4 Å². The van der Waals surface area contributed by atoms with Gasteiger partial charge in [0.15, 0.2) is 0 Å². The van der Waals surface area contributed by atoms with Crippen LogP contribution in [0.4, 0.5) is 5.69 Å². The van der Waals surface area contributed by atoms with Crippen molar-refractivity contribution in [2.75, 3.05) is 5.32 Å². The Balaban J connectivity index is 1.40. The zero-order chi connectivity index (χ0) is 20.2. The van der Waals surface area contributed by atoms with E-state index in [0.717, 1.165) is 5.56 Å². The molecule has 4 rings (SSSR count). The maximum Gasteiger partial charge on any atom is 0.227 e. The minimum Gasteiger partial charge on any atom is -0.339 e. The molecule has 0 spiro atoms. The number of benzene rings is 2. The van der Waals surface area contributed by atoms with E-state index >= 15 is 0 Å². The van der Waals surface area contributed by atoms with Crippen molar-refractivity contribution in [3.05, 3.63) is 65.3 Å². The summed E-state index contributed by atoms with van der Waals surface area (Å²) >= 11 is 5.89. The van der Waals surface area contributed by atoms with Crippen LogP contribution in [0.5, 0.6) is 0 Å². The number of nitrogens with one attached hydrogen (secondary N) is 1. The van der Waals surface area contributed by atoms with Crippen molar-refractivity contribution in [3.8, 4) is 22.8 Å². The number of rotatable bonds is 6. The van der Waals surface area contributed by atoms with Gasteiger partial charge in [0, 0.05) is 35.9 Å². The lowest BCUT2D eigenvalue weighted by molar-refractivity contribution is -0.116. The molecule has 0 aliphatic carbocycles. The molecule has 4 aromatic rings. The molecule has 0 saturated carbocycles. The minimum absolute atomic E-state index is 0.182. The van der Waals surface area contributed by atoms with Crippen LogP contribution in [0.25, 0.3) is 22.8 Å². The number of amides is 1. The van der Waals surface area contributed by atoms with Crippen molar-refractivity contribution in [1.29, 1.82) is 0 Å². The third-order valence-corrected chi connectivity index (χ3v) is 4.36. The number of hydrogen-bond donors (Lipinski definition) is 1. The van der Waals surface area contributed by atoms with Crippen LogP contribution in [0.1, 0.15) is 18.2 Å². The maximum atomic E-state index is 12.4. The van der Waals surface area contributed by atoms with E-state index < -0.39 is 0 Å². The second-order valence-electron chi connectivity index (χ2n) is 6.25. The topological polar surface area (TPSA) is 107 Å². The number of carbonyl (C=O) groups excluding carboxylic acids is 1. The van der Waals surface area contributed by atoms with Gasteiger partial charge in [-0.1, -0.05) is 34.0 Å². The SMILES string of the molecule is Cc1nc(-c2ccccc2NC(=O)CCc2nc(-c3ccc(Cl)cc3)no2)no1. The standard InChI is InChI=1S/C20H16ClN5O3/c1-12-22-20(26-28-12)15-4-2-3-5-16(15)23-17(27)10-11-18-24-19(25-29-18)13-6-8-14(21)9-7-13/h2-9H,10-11H2,1H3,(H,23,27). The summed E-state index contributed by atoms with van der Waals surface area (Å²) in [7, 11) is 0. The first-order valence-electron chi connectivity index (χ1n) is 8.86. The molecule has 0 aliphatic heterocycles. The zero-order valence-electron chi connectivity index (χ0n) is 15.4. The Hall–Kier alpha value is -3.52. The van der Waals surface area contributed by atoms with E-state index in [1.54, 1.807) is 37.3 Å². The number of hydrogen-bond acceptors (Lipinski definition) is 7. The normalized spacial score (nSPS) is 10.8. The van der Waals surface area contributed by atoms with Gasteiger partial charge in [0.2, 0.25) is 29.3 Å². The highest BCUT2D eigenvalue weighted by atomic mass is 35.5. The Morgan fingerprint density at radius 3 is 2.52 bits per heavy atom. The van der Waals surface area contributed by atoms with Crippen molar-refractivity contribution in [1.82, 2.24) is 20.3 Å². The third kappa shape index (κ3) is 4.49. The number of aromatic nitrogens is 4. The van der Waals surface area contributed by atoms with Crippen molar-refractivity contribution in [2.24, 2.45) is 0 Å². The molecule has 0 radical (unpaired) electrons. The molecule has 0 aliphatic rings. The number of halogens is 1. The quantitative estimate of drug-likeness (QED) is 0.505. The summed E-state index contributed by atoms with van der Waals surface area (Å²) in [6.07, 6.45) is 0.498. The summed E-state index contributed by atoms with van der Waals surface area (Å²) in [5.41, 5.74) is 2.07. The van der Waals surface area contributed by atoms with E-state index in [9.17, 15) is 4.79 Å². The van der Waals surface area contributed by atoms with E-state index in [4.69, 9.17) is 20.6 Å². The highest BCUT2D eigenvalue weighted by Gasteiger charge is 2.14. The Bertz CT molecular complexity index is 1140. The molecular weight excluding hydrogens is 394 g/mol. The second-order valence-corrected chi connectivity index (χ2v) is 6.69. The fraction of sp³-hybridized carbons (Fsp3) is 0.150. The smallest absolute Gasteiger partial charge is 0.227 e. The molecule has 146 valence electrons. The average molecular weight is 410 g/mol. The number of aryl methyl sites for hydroxylation is 2. The lowest BCUT2D eigenvalue weighted by Crippen LogP contribution is -2.13. The van der Waals surface area contributed by atoms with E-state index in [1.165, 1.54) is 0 Å². The molecule has 0 unspecified atom stereocenters. The molecule has 2 aromatic carbocycles. The Morgan fingerprint density at radius 1 is 1.00 bits per heavy atom. The van der Waals surface area contributed by atoms with Crippen LogP contribution in [0, 0.1) is 6.92 Å². The number of anilines is 1. The first-order valence-corrected chi connectivity index (χ1v) is 9.24. The molecule has 0 atom stereocenters.